The monoisotopic (exact) mass is 362 g/mol. The number of rotatable bonds is 6. The summed E-state index contributed by atoms with van der Waals surface area (Å²) >= 11 is 0. The Balaban J connectivity index is 1.89. The molecule has 3 nitrogen and oxygen atoms in total. The Morgan fingerprint density at radius 1 is 1.07 bits per heavy atom. The number of aryl methyl sites for hydroxylation is 2. The molecule has 0 saturated carbocycles. The molecule has 0 spiro atoms. The first kappa shape index (κ1) is 19.2. The van der Waals surface area contributed by atoms with E-state index in [1.165, 1.54) is 27.9 Å². The molecule has 1 N–H and O–H groups in total. The van der Waals surface area contributed by atoms with E-state index in [4.69, 9.17) is 0 Å². The Morgan fingerprint density at radius 2 is 1.85 bits per heavy atom. The summed E-state index contributed by atoms with van der Waals surface area (Å²) in [5.41, 5.74) is 7.00. The van der Waals surface area contributed by atoms with Gasteiger partial charge in [0.05, 0.1) is 0 Å². The lowest BCUT2D eigenvalue weighted by Gasteiger charge is -2.10. The Hall–Kier alpha value is -2.55. The Labute approximate surface area is 162 Å². The molecule has 0 aliphatic rings. The van der Waals surface area contributed by atoms with E-state index in [0.717, 1.165) is 30.5 Å². The summed E-state index contributed by atoms with van der Waals surface area (Å²) in [4.78, 5) is 12.5. The quantitative estimate of drug-likeness (QED) is 0.627. The highest BCUT2D eigenvalue weighted by molar-refractivity contribution is 5.99. The number of benzene rings is 2. The zero-order valence-corrected chi connectivity index (χ0v) is 17.1. The van der Waals surface area contributed by atoms with E-state index in [1.807, 2.05) is 12.1 Å². The van der Waals surface area contributed by atoms with Crippen molar-refractivity contribution < 1.29 is 4.79 Å². The molecule has 0 saturated heterocycles. The van der Waals surface area contributed by atoms with Gasteiger partial charge >= 0.3 is 0 Å². The smallest absolute Gasteiger partial charge is 0.251 e. The maximum absolute atomic E-state index is 12.5. The van der Waals surface area contributed by atoms with Crippen molar-refractivity contribution in [3.8, 4) is 0 Å². The van der Waals surface area contributed by atoms with Crippen molar-refractivity contribution in [2.75, 3.05) is 6.54 Å². The fraction of sp³-hybridized carbons (Fsp3) is 0.375. The number of nitrogens with one attached hydrogen (secondary N) is 1. The van der Waals surface area contributed by atoms with Crippen molar-refractivity contribution in [1.29, 1.82) is 0 Å². The predicted molar refractivity (Wildman–Crippen MR) is 113 cm³/mol. The van der Waals surface area contributed by atoms with Crippen LogP contribution in [-0.4, -0.2) is 17.0 Å². The zero-order chi connectivity index (χ0) is 19.6. The van der Waals surface area contributed by atoms with Gasteiger partial charge in [0.25, 0.3) is 5.91 Å². The first-order valence-electron chi connectivity index (χ1n) is 9.80. The van der Waals surface area contributed by atoms with Crippen LogP contribution in [0, 0.1) is 26.7 Å². The van der Waals surface area contributed by atoms with Crippen LogP contribution >= 0.6 is 0 Å². The van der Waals surface area contributed by atoms with Gasteiger partial charge in [-0.05, 0) is 62.4 Å². The molecule has 1 amide bonds. The lowest BCUT2D eigenvalue weighted by molar-refractivity contribution is 0.0952. The van der Waals surface area contributed by atoms with E-state index in [2.05, 4.69) is 74.8 Å². The molecule has 1 aromatic heterocycles. The molecule has 0 unspecified atom stereocenters. The fourth-order valence-corrected chi connectivity index (χ4v) is 3.56. The molecule has 0 fully saturated rings. The van der Waals surface area contributed by atoms with Gasteiger partial charge < -0.3 is 9.88 Å². The van der Waals surface area contributed by atoms with E-state index in [0.29, 0.717) is 5.92 Å². The Kier molecular flexibility index (Phi) is 5.69. The number of carbonyl (C=O) groups excluding carboxylic acids is 1. The number of nitrogens with zero attached hydrogens (tertiary/aromatic N) is 1. The summed E-state index contributed by atoms with van der Waals surface area (Å²) < 4.78 is 2.35. The Bertz CT molecular complexity index is 966. The molecule has 0 aliphatic heterocycles. The summed E-state index contributed by atoms with van der Waals surface area (Å²) in [7, 11) is 0. The highest BCUT2D eigenvalue weighted by atomic mass is 16.1. The van der Waals surface area contributed by atoms with Gasteiger partial charge in [-0.3, -0.25) is 4.79 Å². The number of aromatic nitrogens is 1. The van der Waals surface area contributed by atoms with Gasteiger partial charge in [0.1, 0.15) is 0 Å². The number of hydrogen-bond acceptors (Lipinski definition) is 1. The topological polar surface area (TPSA) is 34.0 Å². The van der Waals surface area contributed by atoms with Crippen LogP contribution in [0.4, 0.5) is 0 Å². The predicted octanol–water partition coefficient (Wildman–Crippen LogP) is 5.39. The summed E-state index contributed by atoms with van der Waals surface area (Å²) in [6, 6.07) is 14.7. The van der Waals surface area contributed by atoms with Gasteiger partial charge in [-0.2, -0.15) is 0 Å². The van der Waals surface area contributed by atoms with E-state index in [9.17, 15) is 4.79 Å². The summed E-state index contributed by atoms with van der Waals surface area (Å²) in [6.07, 6.45) is 0.999. The van der Waals surface area contributed by atoms with Crippen LogP contribution < -0.4 is 5.32 Å². The second-order valence-electron chi connectivity index (χ2n) is 7.96. The van der Waals surface area contributed by atoms with Gasteiger partial charge in [0.2, 0.25) is 0 Å². The van der Waals surface area contributed by atoms with Crippen molar-refractivity contribution in [1.82, 2.24) is 9.88 Å². The summed E-state index contributed by atoms with van der Waals surface area (Å²) in [5.74, 6) is 0.606. The van der Waals surface area contributed by atoms with Gasteiger partial charge in [-0.1, -0.05) is 43.7 Å². The van der Waals surface area contributed by atoms with E-state index in [1.54, 1.807) is 0 Å². The van der Waals surface area contributed by atoms with E-state index in [-0.39, 0.29) is 5.91 Å². The third kappa shape index (κ3) is 4.24. The number of fused-ring (bicyclic) bond motifs is 1. The maximum Gasteiger partial charge on any atom is 0.251 e. The minimum Gasteiger partial charge on any atom is -0.352 e. The highest BCUT2D eigenvalue weighted by Crippen LogP contribution is 2.27. The van der Waals surface area contributed by atoms with Crippen LogP contribution in [0.5, 0.6) is 0 Å². The van der Waals surface area contributed by atoms with E-state index < -0.39 is 0 Å². The first-order chi connectivity index (χ1) is 12.9. The SMILES string of the molecule is Cc1cccc(Cn2c(C)c(C)c3cc(C(=O)NCCC(C)C)ccc32)c1. The van der Waals surface area contributed by atoms with Crippen LogP contribution in [0.25, 0.3) is 10.9 Å². The molecule has 27 heavy (non-hydrogen) atoms. The Morgan fingerprint density at radius 3 is 2.56 bits per heavy atom. The van der Waals surface area contributed by atoms with Gasteiger partial charge in [0, 0.05) is 35.2 Å². The normalized spacial score (nSPS) is 11.3. The molecule has 0 bridgehead atoms. The molecule has 1 heterocycles. The second kappa shape index (κ2) is 7.99. The molecule has 3 rings (SSSR count). The molecule has 0 radical (unpaired) electrons. The maximum atomic E-state index is 12.5. The molecule has 0 atom stereocenters. The van der Waals surface area contributed by atoms with Gasteiger partial charge in [0.15, 0.2) is 0 Å². The van der Waals surface area contributed by atoms with Gasteiger partial charge in [-0.15, -0.1) is 0 Å². The third-order valence-corrected chi connectivity index (χ3v) is 5.33. The van der Waals surface area contributed by atoms with Gasteiger partial charge in [-0.25, -0.2) is 0 Å². The molecule has 2 aromatic carbocycles. The number of hydrogen-bond donors (Lipinski definition) is 1. The minimum absolute atomic E-state index is 0.0148. The second-order valence-corrected chi connectivity index (χ2v) is 7.96. The van der Waals surface area contributed by atoms with Crippen LogP contribution in [-0.2, 0) is 6.54 Å². The van der Waals surface area contributed by atoms with Crippen molar-refractivity contribution in [3.05, 3.63) is 70.4 Å². The molecule has 142 valence electrons. The van der Waals surface area contributed by atoms with Crippen LogP contribution in [0.15, 0.2) is 42.5 Å². The standard InChI is InChI=1S/C24H30N2O/c1-16(2)11-12-25-24(27)21-9-10-23-22(14-21)18(4)19(5)26(23)15-20-8-6-7-17(3)13-20/h6-10,13-14,16H,11-12,15H2,1-5H3,(H,25,27). The lowest BCUT2D eigenvalue weighted by Crippen LogP contribution is -2.25. The van der Waals surface area contributed by atoms with Crippen molar-refractivity contribution in [2.24, 2.45) is 5.92 Å². The van der Waals surface area contributed by atoms with Crippen LogP contribution in [0.2, 0.25) is 0 Å². The minimum atomic E-state index is 0.0148. The summed E-state index contributed by atoms with van der Waals surface area (Å²) in [6.45, 7) is 12.3. The van der Waals surface area contributed by atoms with Crippen LogP contribution in [0.3, 0.4) is 0 Å². The largest absolute Gasteiger partial charge is 0.352 e. The molecule has 3 heteroatoms. The highest BCUT2D eigenvalue weighted by Gasteiger charge is 2.14. The number of carbonyl (C=O) groups is 1. The molecule has 3 aromatic rings. The van der Waals surface area contributed by atoms with E-state index >= 15 is 0 Å². The third-order valence-electron chi connectivity index (χ3n) is 5.33. The molecular formula is C24H30N2O. The lowest BCUT2D eigenvalue weighted by atomic mass is 10.1. The van der Waals surface area contributed by atoms with Crippen molar-refractivity contribution in [3.63, 3.8) is 0 Å². The van der Waals surface area contributed by atoms with Crippen molar-refractivity contribution in [2.45, 2.75) is 47.6 Å². The summed E-state index contributed by atoms with van der Waals surface area (Å²) in [5, 5.41) is 4.20. The van der Waals surface area contributed by atoms with Crippen molar-refractivity contribution >= 4 is 16.8 Å². The zero-order valence-electron chi connectivity index (χ0n) is 17.1. The van der Waals surface area contributed by atoms with Crippen LogP contribution in [0.1, 0.15) is 53.0 Å². The average molecular weight is 363 g/mol. The molecule has 0 aliphatic carbocycles. The molecular weight excluding hydrogens is 332 g/mol. The average Bonchev–Trinajstić information content (AvgIpc) is 2.86. The fourth-order valence-electron chi connectivity index (χ4n) is 3.56. The number of amides is 1. The first-order valence-corrected chi connectivity index (χ1v) is 9.80.